The lowest BCUT2D eigenvalue weighted by Crippen LogP contribution is -2.37. The third-order valence-electron chi connectivity index (χ3n) is 2.63. The first-order valence-corrected chi connectivity index (χ1v) is 5.63. The molecule has 2 amide bonds. The number of urea groups is 1. The van der Waals surface area contributed by atoms with Crippen molar-refractivity contribution < 1.29 is 4.79 Å². The summed E-state index contributed by atoms with van der Waals surface area (Å²) in [5.74, 6) is 0.688. The Kier molecular flexibility index (Phi) is 4.83. The van der Waals surface area contributed by atoms with Crippen molar-refractivity contribution in [1.82, 2.24) is 10.2 Å². The summed E-state index contributed by atoms with van der Waals surface area (Å²) in [7, 11) is 0. The number of hydrogen-bond acceptors (Lipinski definition) is 1. The van der Waals surface area contributed by atoms with Gasteiger partial charge in [-0.25, -0.2) is 4.79 Å². The fourth-order valence-corrected chi connectivity index (χ4v) is 1.48. The van der Waals surface area contributed by atoms with Gasteiger partial charge in [0.1, 0.15) is 0 Å². The molecular weight excluding hydrogens is 200 g/mol. The third kappa shape index (κ3) is 3.93. The van der Waals surface area contributed by atoms with Gasteiger partial charge < -0.3 is 10.2 Å². The molecule has 1 N–H and O–H groups in total. The highest BCUT2D eigenvalue weighted by molar-refractivity contribution is 5.75. The van der Waals surface area contributed by atoms with Crippen molar-refractivity contribution in [2.24, 2.45) is 5.92 Å². The van der Waals surface area contributed by atoms with Crippen LogP contribution in [0.4, 0.5) is 4.79 Å². The number of amides is 2. The third-order valence-corrected chi connectivity index (χ3v) is 2.63. The molecule has 0 radical (unpaired) electrons. The second kappa shape index (κ2) is 6.16. The summed E-state index contributed by atoms with van der Waals surface area (Å²) in [6.45, 7) is 10.4. The van der Waals surface area contributed by atoms with E-state index < -0.39 is 0 Å². The van der Waals surface area contributed by atoms with Gasteiger partial charge in [-0.15, -0.1) is 13.2 Å². The van der Waals surface area contributed by atoms with Crippen molar-refractivity contribution in [2.45, 2.75) is 19.8 Å². The Bertz CT molecular complexity index is 293. The highest BCUT2D eigenvalue weighted by Crippen LogP contribution is 2.35. The normalized spacial score (nSPS) is 15.4. The van der Waals surface area contributed by atoms with Gasteiger partial charge in [0.25, 0.3) is 0 Å². The molecule has 0 aromatic carbocycles. The molecule has 1 saturated carbocycles. The molecule has 16 heavy (non-hydrogen) atoms. The van der Waals surface area contributed by atoms with E-state index in [1.54, 1.807) is 17.1 Å². The minimum atomic E-state index is -0.0974. The monoisotopic (exact) mass is 220 g/mol. The molecule has 0 bridgehead atoms. The van der Waals surface area contributed by atoms with Crippen LogP contribution in [0.15, 0.2) is 37.1 Å². The molecule has 0 saturated heterocycles. The molecule has 0 unspecified atom stereocenters. The first kappa shape index (κ1) is 12.6. The maximum atomic E-state index is 11.7. The van der Waals surface area contributed by atoms with Crippen LogP contribution in [0.5, 0.6) is 0 Å². The molecule has 88 valence electrons. The SMILES string of the molecule is C=CCN(CC=C)C(=O)N/C=C(\C)C1CC1. The number of carbonyl (C=O) groups excluding carboxylic acids is 1. The predicted molar refractivity (Wildman–Crippen MR) is 67.0 cm³/mol. The van der Waals surface area contributed by atoms with E-state index in [0.717, 1.165) is 0 Å². The topological polar surface area (TPSA) is 32.3 Å². The lowest BCUT2D eigenvalue weighted by atomic mass is 10.2. The quantitative estimate of drug-likeness (QED) is 0.686. The van der Waals surface area contributed by atoms with Crippen LogP contribution in [-0.2, 0) is 0 Å². The first-order chi connectivity index (χ1) is 7.69. The van der Waals surface area contributed by atoms with Crippen LogP contribution in [0, 0.1) is 5.92 Å². The summed E-state index contributed by atoms with van der Waals surface area (Å²) in [4.78, 5) is 13.4. The van der Waals surface area contributed by atoms with Gasteiger partial charge >= 0.3 is 6.03 Å². The van der Waals surface area contributed by atoms with E-state index in [4.69, 9.17) is 0 Å². The standard InChI is InChI=1S/C13H20N2O/c1-4-8-15(9-5-2)13(16)14-10-11(3)12-6-7-12/h4-5,10,12H,1-2,6-9H2,3H3,(H,14,16)/b11-10+. The van der Waals surface area contributed by atoms with Crippen molar-refractivity contribution in [3.8, 4) is 0 Å². The summed E-state index contributed by atoms with van der Waals surface area (Å²) in [6, 6.07) is -0.0974. The predicted octanol–water partition coefficient (Wildman–Crippen LogP) is 2.68. The van der Waals surface area contributed by atoms with Gasteiger partial charge in [-0.3, -0.25) is 0 Å². The lowest BCUT2D eigenvalue weighted by Gasteiger charge is -2.18. The average molecular weight is 220 g/mol. The van der Waals surface area contributed by atoms with Gasteiger partial charge in [-0.2, -0.15) is 0 Å². The summed E-state index contributed by atoms with van der Waals surface area (Å²) in [6.07, 6.45) is 7.74. The van der Waals surface area contributed by atoms with E-state index in [-0.39, 0.29) is 6.03 Å². The van der Waals surface area contributed by atoms with E-state index in [9.17, 15) is 4.79 Å². The Morgan fingerprint density at radius 3 is 2.38 bits per heavy atom. The first-order valence-electron chi connectivity index (χ1n) is 5.63. The van der Waals surface area contributed by atoms with Crippen molar-refractivity contribution in [3.05, 3.63) is 37.1 Å². The second-order valence-electron chi connectivity index (χ2n) is 4.09. The zero-order chi connectivity index (χ0) is 12.0. The highest BCUT2D eigenvalue weighted by Gasteiger charge is 2.23. The van der Waals surface area contributed by atoms with Crippen molar-refractivity contribution in [3.63, 3.8) is 0 Å². The van der Waals surface area contributed by atoms with Gasteiger partial charge in [0, 0.05) is 19.3 Å². The molecule has 1 aliphatic rings. The summed E-state index contributed by atoms with van der Waals surface area (Å²) >= 11 is 0. The van der Waals surface area contributed by atoms with E-state index in [2.05, 4.69) is 25.4 Å². The van der Waals surface area contributed by atoms with E-state index in [1.165, 1.54) is 18.4 Å². The summed E-state index contributed by atoms with van der Waals surface area (Å²) < 4.78 is 0. The second-order valence-corrected chi connectivity index (χ2v) is 4.09. The minimum Gasteiger partial charge on any atom is -0.317 e. The van der Waals surface area contributed by atoms with E-state index in [0.29, 0.717) is 19.0 Å². The number of nitrogens with zero attached hydrogens (tertiary/aromatic N) is 1. The van der Waals surface area contributed by atoms with Gasteiger partial charge in [0.15, 0.2) is 0 Å². The van der Waals surface area contributed by atoms with Gasteiger partial charge in [0.05, 0.1) is 0 Å². The largest absolute Gasteiger partial charge is 0.321 e. The van der Waals surface area contributed by atoms with Crippen LogP contribution in [0.2, 0.25) is 0 Å². The van der Waals surface area contributed by atoms with Crippen LogP contribution in [-0.4, -0.2) is 24.0 Å². The van der Waals surface area contributed by atoms with E-state index >= 15 is 0 Å². The number of hydrogen-bond donors (Lipinski definition) is 1. The highest BCUT2D eigenvalue weighted by atomic mass is 16.2. The van der Waals surface area contributed by atoms with E-state index in [1.807, 2.05) is 6.20 Å². The molecule has 1 rings (SSSR count). The van der Waals surface area contributed by atoms with Crippen molar-refractivity contribution in [2.75, 3.05) is 13.1 Å². The number of rotatable bonds is 6. The maximum Gasteiger partial charge on any atom is 0.321 e. The molecule has 3 heteroatoms. The average Bonchev–Trinajstić information content (AvgIpc) is 3.09. The minimum absolute atomic E-state index is 0.0974. The Morgan fingerprint density at radius 1 is 1.38 bits per heavy atom. The molecule has 0 aliphatic heterocycles. The summed E-state index contributed by atoms with van der Waals surface area (Å²) in [5, 5.41) is 2.80. The van der Waals surface area contributed by atoms with Crippen LogP contribution < -0.4 is 5.32 Å². The van der Waals surface area contributed by atoms with Crippen LogP contribution in [0.1, 0.15) is 19.8 Å². The maximum absolute atomic E-state index is 11.7. The van der Waals surface area contributed by atoms with Crippen LogP contribution in [0.25, 0.3) is 0 Å². The Morgan fingerprint density at radius 2 is 1.94 bits per heavy atom. The number of carbonyl (C=O) groups is 1. The molecule has 0 atom stereocenters. The Hall–Kier alpha value is -1.51. The van der Waals surface area contributed by atoms with Crippen LogP contribution in [0.3, 0.4) is 0 Å². The molecule has 0 spiro atoms. The van der Waals surface area contributed by atoms with Crippen molar-refractivity contribution >= 4 is 6.03 Å². The molecule has 3 nitrogen and oxygen atoms in total. The van der Waals surface area contributed by atoms with Crippen LogP contribution >= 0.6 is 0 Å². The number of allylic oxidation sites excluding steroid dienone is 1. The Labute approximate surface area is 97.5 Å². The van der Waals surface area contributed by atoms with Crippen molar-refractivity contribution in [1.29, 1.82) is 0 Å². The molecule has 0 aromatic rings. The molecule has 0 aromatic heterocycles. The van der Waals surface area contributed by atoms with Gasteiger partial charge in [0.2, 0.25) is 0 Å². The smallest absolute Gasteiger partial charge is 0.317 e. The molecular formula is C13H20N2O. The fraction of sp³-hybridized carbons (Fsp3) is 0.462. The number of nitrogens with one attached hydrogen (secondary N) is 1. The zero-order valence-corrected chi connectivity index (χ0v) is 9.91. The lowest BCUT2D eigenvalue weighted by molar-refractivity contribution is 0.212. The summed E-state index contributed by atoms with van der Waals surface area (Å²) in [5.41, 5.74) is 1.26. The molecule has 0 heterocycles. The Balaban J connectivity index is 2.43. The van der Waals surface area contributed by atoms with Gasteiger partial charge in [-0.05, 0) is 25.7 Å². The molecule has 1 aliphatic carbocycles. The molecule has 1 fully saturated rings. The van der Waals surface area contributed by atoms with Gasteiger partial charge in [-0.1, -0.05) is 17.7 Å². The fourth-order valence-electron chi connectivity index (χ4n) is 1.48. The zero-order valence-electron chi connectivity index (χ0n) is 9.91.